The van der Waals surface area contributed by atoms with E-state index in [2.05, 4.69) is 5.32 Å². The first-order valence-electron chi connectivity index (χ1n) is 7.27. The average Bonchev–Trinajstić information content (AvgIpc) is 2.87. The third-order valence-electron chi connectivity index (χ3n) is 3.76. The van der Waals surface area contributed by atoms with Crippen LogP contribution in [0.5, 0.6) is 5.75 Å². The second-order valence-corrected chi connectivity index (χ2v) is 5.19. The Balaban J connectivity index is 1.98. The van der Waals surface area contributed by atoms with Crippen molar-refractivity contribution in [2.75, 3.05) is 20.3 Å². The lowest BCUT2D eigenvalue weighted by atomic mass is 10.0. The van der Waals surface area contributed by atoms with E-state index in [0.29, 0.717) is 24.7 Å². The lowest BCUT2D eigenvalue weighted by molar-refractivity contribution is 0.0898. The van der Waals surface area contributed by atoms with Gasteiger partial charge in [-0.25, -0.2) is 0 Å². The summed E-state index contributed by atoms with van der Waals surface area (Å²) < 4.78 is 10.6. The van der Waals surface area contributed by atoms with Gasteiger partial charge in [0.15, 0.2) is 0 Å². The van der Waals surface area contributed by atoms with Crippen LogP contribution in [0.4, 0.5) is 0 Å². The first kappa shape index (κ1) is 14.9. The van der Waals surface area contributed by atoms with Crippen LogP contribution in [0.2, 0.25) is 0 Å². The fourth-order valence-corrected chi connectivity index (χ4v) is 2.79. The maximum atomic E-state index is 12.3. The van der Waals surface area contributed by atoms with Crippen molar-refractivity contribution in [2.24, 2.45) is 5.92 Å². The molecule has 0 unspecified atom stereocenters. The molecule has 0 bridgehead atoms. The zero-order valence-electron chi connectivity index (χ0n) is 12.2. The predicted octanol–water partition coefficient (Wildman–Crippen LogP) is 2.63. The molecule has 0 radical (unpaired) electrons. The van der Waals surface area contributed by atoms with Crippen molar-refractivity contribution in [1.82, 2.24) is 5.32 Å². The van der Waals surface area contributed by atoms with Crippen molar-refractivity contribution >= 4 is 5.91 Å². The van der Waals surface area contributed by atoms with E-state index in [1.54, 1.807) is 13.2 Å². The maximum Gasteiger partial charge on any atom is 0.251 e. The number of hydrogen-bond acceptors (Lipinski definition) is 3. The first-order valence-corrected chi connectivity index (χ1v) is 7.27. The van der Waals surface area contributed by atoms with Crippen LogP contribution in [0.15, 0.2) is 24.3 Å². The van der Waals surface area contributed by atoms with Crippen molar-refractivity contribution in [3.63, 3.8) is 0 Å². The molecule has 110 valence electrons. The number of rotatable bonds is 6. The van der Waals surface area contributed by atoms with Crippen LogP contribution in [0.25, 0.3) is 0 Å². The molecule has 1 N–H and O–H groups in total. The summed E-state index contributed by atoms with van der Waals surface area (Å²) in [5.41, 5.74) is 0.652. The minimum atomic E-state index is -0.0282. The quantitative estimate of drug-likeness (QED) is 0.869. The first-order chi connectivity index (χ1) is 9.74. The largest absolute Gasteiger partial charge is 0.494 e. The lowest BCUT2D eigenvalue weighted by Gasteiger charge is -2.20. The molecular weight excluding hydrogens is 254 g/mol. The Labute approximate surface area is 120 Å². The second kappa shape index (κ2) is 7.29. The Morgan fingerprint density at radius 2 is 2.25 bits per heavy atom. The summed E-state index contributed by atoms with van der Waals surface area (Å²) in [6.07, 6.45) is 3.31. The molecule has 1 amide bonds. The normalized spacial score (nSPS) is 21.7. The van der Waals surface area contributed by atoms with Crippen LogP contribution in [-0.4, -0.2) is 32.3 Å². The van der Waals surface area contributed by atoms with Gasteiger partial charge in [-0.2, -0.15) is 0 Å². The van der Waals surface area contributed by atoms with Gasteiger partial charge in [0.25, 0.3) is 5.91 Å². The minimum absolute atomic E-state index is 0.0282. The second-order valence-electron chi connectivity index (χ2n) is 5.19. The van der Waals surface area contributed by atoms with E-state index in [1.807, 2.05) is 25.1 Å². The molecule has 2 rings (SSSR count). The molecule has 1 aliphatic rings. The Hall–Kier alpha value is -1.55. The van der Waals surface area contributed by atoms with Gasteiger partial charge in [-0.1, -0.05) is 12.5 Å². The van der Waals surface area contributed by atoms with E-state index < -0.39 is 0 Å². The van der Waals surface area contributed by atoms with Crippen molar-refractivity contribution in [1.29, 1.82) is 0 Å². The molecule has 0 aromatic heterocycles. The standard InChI is InChI=1S/C16H23NO3/c1-3-20-14-8-4-6-12(10-14)16(18)17-15-9-5-7-13(15)11-19-2/h4,6,8,10,13,15H,3,5,7,9,11H2,1-2H3,(H,17,18)/t13-,15-/m1/s1. The third kappa shape index (κ3) is 3.73. The molecular formula is C16H23NO3. The summed E-state index contributed by atoms with van der Waals surface area (Å²) in [4.78, 5) is 12.3. The summed E-state index contributed by atoms with van der Waals surface area (Å²) in [5.74, 6) is 1.14. The Bertz CT molecular complexity index is 447. The highest BCUT2D eigenvalue weighted by Gasteiger charge is 2.28. The molecule has 1 saturated carbocycles. The molecule has 0 aliphatic heterocycles. The van der Waals surface area contributed by atoms with Crippen LogP contribution in [0, 0.1) is 5.92 Å². The fourth-order valence-electron chi connectivity index (χ4n) is 2.79. The molecule has 0 spiro atoms. The van der Waals surface area contributed by atoms with Gasteiger partial charge in [-0.3, -0.25) is 4.79 Å². The molecule has 4 heteroatoms. The van der Waals surface area contributed by atoms with Crippen molar-refractivity contribution in [2.45, 2.75) is 32.2 Å². The highest BCUT2D eigenvalue weighted by Crippen LogP contribution is 2.26. The Morgan fingerprint density at radius 3 is 3.00 bits per heavy atom. The van der Waals surface area contributed by atoms with Crippen LogP contribution in [-0.2, 0) is 4.74 Å². The number of ether oxygens (including phenoxy) is 2. The number of carbonyl (C=O) groups is 1. The summed E-state index contributed by atoms with van der Waals surface area (Å²) in [5, 5.41) is 3.12. The number of methoxy groups -OCH3 is 1. The number of benzene rings is 1. The number of nitrogens with one attached hydrogen (secondary N) is 1. The molecule has 4 nitrogen and oxygen atoms in total. The zero-order valence-corrected chi connectivity index (χ0v) is 12.2. The van der Waals surface area contributed by atoms with Crippen LogP contribution >= 0.6 is 0 Å². The Kier molecular flexibility index (Phi) is 5.41. The van der Waals surface area contributed by atoms with Gasteiger partial charge in [-0.05, 0) is 38.0 Å². The topological polar surface area (TPSA) is 47.6 Å². The van der Waals surface area contributed by atoms with E-state index in [1.165, 1.54) is 0 Å². The summed E-state index contributed by atoms with van der Waals surface area (Å²) in [7, 11) is 1.71. The summed E-state index contributed by atoms with van der Waals surface area (Å²) in [6, 6.07) is 7.54. The summed E-state index contributed by atoms with van der Waals surface area (Å²) in [6.45, 7) is 3.24. The van der Waals surface area contributed by atoms with E-state index in [-0.39, 0.29) is 11.9 Å². The average molecular weight is 277 g/mol. The molecule has 20 heavy (non-hydrogen) atoms. The van der Waals surface area contributed by atoms with Gasteiger partial charge in [0.1, 0.15) is 5.75 Å². The molecule has 2 atom stereocenters. The van der Waals surface area contributed by atoms with Crippen molar-refractivity contribution < 1.29 is 14.3 Å². The molecule has 0 heterocycles. The van der Waals surface area contributed by atoms with E-state index >= 15 is 0 Å². The number of amides is 1. The highest BCUT2D eigenvalue weighted by molar-refractivity contribution is 5.94. The lowest BCUT2D eigenvalue weighted by Crippen LogP contribution is -2.38. The van der Waals surface area contributed by atoms with Gasteiger partial charge in [-0.15, -0.1) is 0 Å². The number of hydrogen-bond donors (Lipinski definition) is 1. The molecule has 1 aromatic carbocycles. The third-order valence-corrected chi connectivity index (χ3v) is 3.76. The van der Waals surface area contributed by atoms with E-state index in [0.717, 1.165) is 25.0 Å². The molecule has 1 aromatic rings. The van der Waals surface area contributed by atoms with Gasteiger partial charge in [0.05, 0.1) is 13.2 Å². The Morgan fingerprint density at radius 1 is 1.40 bits per heavy atom. The maximum absolute atomic E-state index is 12.3. The molecule has 1 fully saturated rings. The van der Waals surface area contributed by atoms with Crippen LogP contribution in [0.1, 0.15) is 36.5 Å². The summed E-state index contributed by atoms with van der Waals surface area (Å²) >= 11 is 0. The number of carbonyl (C=O) groups excluding carboxylic acids is 1. The minimum Gasteiger partial charge on any atom is -0.494 e. The monoisotopic (exact) mass is 277 g/mol. The van der Waals surface area contributed by atoms with Crippen molar-refractivity contribution in [3.8, 4) is 5.75 Å². The van der Waals surface area contributed by atoms with Crippen molar-refractivity contribution in [3.05, 3.63) is 29.8 Å². The van der Waals surface area contributed by atoms with Gasteiger partial charge in [0, 0.05) is 24.6 Å². The molecule has 0 saturated heterocycles. The predicted molar refractivity (Wildman–Crippen MR) is 78.1 cm³/mol. The van der Waals surface area contributed by atoms with Crippen LogP contribution in [0.3, 0.4) is 0 Å². The van der Waals surface area contributed by atoms with Gasteiger partial charge in [0.2, 0.25) is 0 Å². The highest BCUT2D eigenvalue weighted by atomic mass is 16.5. The SMILES string of the molecule is CCOc1cccc(C(=O)N[C@@H]2CCC[C@@H]2COC)c1. The van der Waals surface area contributed by atoms with E-state index in [4.69, 9.17) is 9.47 Å². The van der Waals surface area contributed by atoms with Gasteiger partial charge >= 0.3 is 0 Å². The zero-order chi connectivity index (χ0) is 14.4. The fraction of sp³-hybridized carbons (Fsp3) is 0.562. The van der Waals surface area contributed by atoms with E-state index in [9.17, 15) is 4.79 Å². The van der Waals surface area contributed by atoms with Crippen LogP contribution < -0.4 is 10.1 Å². The molecule has 1 aliphatic carbocycles. The van der Waals surface area contributed by atoms with Gasteiger partial charge < -0.3 is 14.8 Å². The smallest absolute Gasteiger partial charge is 0.251 e.